The van der Waals surface area contributed by atoms with Crippen LogP contribution in [0.15, 0.2) is 9.59 Å². The van der Waals surface area contributed by atoms with Crippen LogP contribution < -0.4 is 21.3 Å². The van der Waals surface area contributed by atoms with Gasteiger partial charge in [-0.05, 0) is 13.8 Å². The standard InChI is InChI=1S/C10H19N5O4S/c1-10(2,13-20(5,18)19)6-11-7-8(16)14(3)9(17)15(4)12-7/h13H,6H2,1-5H3,(H,11,12). The van der Waals surface area contributed by atoms with Crippen LogP contribution in [0.1, 0.15) is 13.8 Å². The fourth-order valence-corrected chi connectivity index (χ4v) is 2.73. The first-order valence-electron chi connectivity index (χ1n) is 5.80. The third kappa shape index (κ3) is 4.17. The van der Waals surface area contributed by atoms with Crippen LogP contribution in [-0.2, 0) is 24.1 Å². The second-order valence-electron chi connectivity index (χ2n) is 5.23. The van der Waals surface area contributed by atoms with Crippen LogP contribution in [0.25, 0.3) is 0 Å². The molecule has 0 aliphatic carbocycles. The van der Waals surface area contributed by atoms with Gasteiger partial charge in [-0.15, -0.1) is 5.10 Å². The molecule has 0 saturated carbocycles. The predicted octanol–water partition coefficient (Wildman–Crippen LogP) is -1.78. The van der Waals surface area contributed by atoms with Crippen molar-refractivity contribution in [3.05, 3.63) is 20.8 Å². The molecule has 1 aromatic rings. The average Bonchev–Trinajstić information content (AvgIpc) is 2.26. The summed E-state index contributed by atoms with van der Waals surface area (Å²) in [6.45, 7) is 3.46. The largest absolute Gasteiger partial charge is 0.362 e. The van der Waals surface area contributed by atoms with Crippen LogP contribution in [0.2, 0.25) is 0 Å². The zero-order chi connectivity index (χ0) is 15.7. The molecule has 9 nitrogen and oxygen atoms in total. The van der Waals surface area contributed by atoms with Crippen LogP contribution in [0, 0.1) is 0 Å². The lowest BCUT2D eigenvalue weighted by atomic mass is 10.1. The molecule has 0 aromatic carbocycles. The van der Waals surface area contributed by atoms with Crippen molar-refractivity contribution in [3.63, 3.8) is 0 Å². The first-order valence-corrected chi connectivity index (χ1v) is 7.69. The highest BCUT2D eigenvalue weighted by molar-refractivity contribution is 7.88. The minimum absolute atomic E-state index is 0.0158. The van der Waals surface area contributed by atoms with Crippen molar-refractivity contribution >= 4 is 15.8 Å². The molecular weight excluding hydrogens is 286 g/mol. The van der Waals surface area contributed by atoms with E-state index in [1.807, 2.05) is 0 Å². The van der Waals surface area contributed by atoms with E-state index in [0.717, 1.165) is 15.5 Å². The second-order valence-corrected chi connectivity index (χ2v) is 6.98. The summed E-state index contributed by atoms with van der Waals surface area (Å²) in [4.78, 5) is 23.3. The fraction of sp³-hybridized carbons (Fsp3) is 0.700. The third-order valence-corrected chi connectivity index (χ3v) is 3.40. The van der Waals surface area contributed by atoms with E-state index >= 15 is 0 Å². The predicted molar refractivity (Wildman–Crippen MR) is 75.3 cm³/mol. The molecule has 0 radical (unpaired) electrons. The molecule has 2 N–H and O–H groups in total. The Labute approximate surface area is 116 Å². The lowest BCUT2D eigenvalue weighted by molar-refractivity contribution is 0.474. The second kappa shape index (κ2) is 5.37. The number of aromatic nitrogens is 3. The van der Waals surface area contributed by atoms with Gasteiger partial charge in [-0.25, -0.2) is 22.6 Å². The van der Waals surface area contributed by atoms with Gasteiger partial charge < -0.3 is 5.32 Å². The summed E-state index contributed by atoms with van der Waals surface area (Å²) < 4.78 is 26.8. The van der Waals surface area contributed by atoms with E-state index < -0.39 is 26.8 Å². The Morgan fingerprint density at radius 3 is 2.30 bits per heavy atom. The van der Waals surface area contributed by atoms with Gasteiger partial charge in [0, 0.05) is 26.2 Å². The summed E-state index contributed by atoms with van der Waals surface area (Å²) >= 11 is 0. The van der Waals surface area contributed by atoms with Gasteiger partial charge in [-0.2, -0.15) is 0 Å². The summed E-state index contributed by atoms with van der Waals surface area (Å²) in [6.07, 6.45) is 1.05. The maximum absolute atomic E-state index is 11.8. The molecule has 0 aliphatic heterocycles. The van der Waals surface area contributed by atoms with Gasteiger partial charge in [0.1, 0.15) is 0 Å². The molecule has 114 valence electrons. The molecule has 0 aliphatic rings. The molecule has 0 saturated heterocycles. The van der Waals surface area contributed by atoms with Gasteiger partial charge in [-0.3, -0.25) is 9.36 Å². The molecule has 0 unspecified atom stereocenters. The smallest absolute Gasteiger partial charge is 0.346 e. The van der Waals surface area contributed by atoms with E-state index in [1.165, 1.54) is 14.1 Å². The molecule has 0 bridgehead atoms. The Morgan fingerprint density at radius 1 is 1.25 bits per heavy atom. The summed E-state index contributed by atoms with van der Waals surface area (Å²) in [5, 5.41) is 6.57. The van der Waals surface area contributed by atoms with E-state index in [9.17, 15) is 18.0 Å². The Hall–Kier alpha value is -1.68. The Balaban J connectivity index is 2.97. The van der Waals surface area contributed by atoms with Gasteiger partial charge in [0.15, 0.2) is 0 Å². The van der Waals surface area contributed by atoms with Crippen LogP contribution in [0.3, 0.4) is 0 Å². The number of anilines is 1. The van der Waals surface area contributed by atoms with Crippen molar-refractivity contribution in [2.45, 2.75) is 19.4 Å². The number of sulfonamides is 1. The number of hydrogen-bond donors (Lipinski definition) is 2. The van der Waals surface area contributed by atoms with Crippen LogP contribution in [-0.4, -0.2) is 41.1 Å². The average molecular weight is 305 g/mol. The molecule has 0 atom stereocenters. The maximum atomic E-state index is 11.8. The van der Waals surface area contributed by atoms with Crippen molar-refractivity contribution in [2.75, 3.05) is 18.1 Å². The first-order chi connectivity index (χ1) is 8.93. The zero-order valence-corrected chi connectivity index (χ0v) is 12.9. The quantitative estimate of drug-likeness (QED) is 0.664. The number of hydrogen-bond acceptors (Lipinski definition) is 6. The van der Waals surface area contributed by atoms with Crippen LogP contribution >= 0.6 is 0 Å². The minimum Gasteiger partial charge on any atom is -0.362 e. The van der Waals surface area contributed by atoms with Gasteiger partial charge in [-0.1, -0.05) is 0 Å². The van der Waals surface area contributed by atoms with E-state index in [2.05, 4.69) is 15.1 Å². The molecule has 0 amide bonds. The summed E-state index contributed by atoms with van der Waals surface area (Å²) in [7, 11) is -0.600. The molecule has 1 rings (SSSR count). The van der Waals surface area contributed by atoms with E-state index in [0.29, 0.717) is 0 Å². The van der Waals surface area contributed by atoms with E-state index in [1.54, 1.807) is 13.8 Å². The van der Waals surface area contributed by atoms with Gasteiger partial charge in [0.05, 0.1) is 6.26 Å². The highest BCUT2D eigenvalue weighted by Crippen LogP contribution is 2.04. The van der Waals surface area contributed by atoms with Crippen molar-refractivity contribution < 1.29 is 8.42 Å². The number of nitrogens with zero attached hydrogens (tertiary/aromatic N) is 3. The van der Waals surface area contributed by atoms with Gasteiger partial charge >= 0.3 is 5.69 Å². The molecule has 1 aromatic heterocycles. The monoisotopic (exact) mass is 305 g/mol. The summed E-state index contributed by atoms with van der Waals surface area (Å²) in [6, 6.07) is 0. The molecule has 10 heteroatoms. The third-order valence-electron chi connectivity index (χ3n) is 2.48. The Morgan fingerprint density at radius 2 is 1.80 bits per heavy atom. The van der Waals surface area contributed by atoms with E-state index in [-0.39, 0.29) is 12.4 Å². The molecule has 1 heterocycles. The minimum atomic E-state index is -3.37. The topological polar surface area (TPSA) is 115 Å². The summed E-state index contributed by atoms with van der Waals surface area (Å²) in [5.74, 6) is -0.0158. The summed E-state index contributed by atoms with van der Waals surface area (Å²) in [5.41, 5.74) is -1.91. The van der Waals surface area contributed by atoms with Crippen molar-refractivity contribution in [1.82, 2.24) is 19.1 Å². The molecular formula is C10H19N5O4S. The van der Waals surface area contributed by atoms with Crippen molar-refractivity contribution in [3.8, 4) is 0 Å². The van der Waals surface area contributed by atoms with Crippen LogP contribution in [0.4, 0.5) is 5.82 Å². The van der Waals surface area contributed by atoms with Crippen molar-refractivity contribution in [2.24, 2.45) is 14.1 Å². The fourth-order valence-electron chi connectivity index (χ4n) is 1.65. The highest BCUT2D eigenvalue weighted by Gasteiger charge is 2.22. The SMILES string of the molecule is Cn1nc(NCC(C)(C)NS(C)(=O)=O)c(=O)n(C)c1=O. The van der Waals surface area contributed by atoms with Gasteiger partial charge in [0.2, 0.25) is 15.8 Å². The molecule has 0 fully saturated rings. The number of rotatable bonds is 5. The maximum Gasteiger partial charge on any atom is 0.346 e. The van der Waals surface area contributed by atoms with Gasteiger partial charge in [0.25, 0.3) is 5.56 Å². The van der Waals surface area contributed by atoms with Crippen molar-refractivity contribution in [1.29, 1.82) is 0 Å². The first kappa shape index (κ1) is 16.4. The molecule has 20 heavy (non-hydrogen) atoms. The Bertz CT molecular complexity index is 716. The number of nitrogens with one attached hydrogen (secondary N) is 2. The lowest BCUT2D eigenvalue weighted by Gasteiger charge is -2.25. The number of aryl methyl sites for hydroxylation is 1. The zero-order valence-electron chi connectivity index (χ0n) is 12.1. The van der Waals surface area contributed by atoms with E-state index in [4.69, 9.17) is 0 Å². The Kier molecular flexibility index (Phi) is 4.39. The normalized spacial score (nSPS) is 12.4. The lowest BCUT2D eigenvalue weighted by Crippen LogP contribution is -2.49. The highest BCUT2D eigenvalue weighted by atomic mass is 32.2. The molecule has 0 spiro atoms. The van der Waals surface area contributed by atoms with Crippen LogP contribution in [0.5, 0.6) is 0 Å².